The molecule has 0 aliphatic rings. The van der Waals surface area contributed by atoms with Gasteiger partial charge in [-0.25, -0.2) is 4.98 Å². The van der Waals surface area contributed by atoms with Gasteiger partial charge in [-0.1, -0.05) is 24.3 Å². The molecule has 0 saturated carbocycles. The molecule has 0 fully saturated rings. The molecule has 1 N–H and O–H groups in total. The van der Waals surface area contributed by atoms with Gasteiger partial charge in [0.1, 0.15) is 0 Å². The molecule has 2 aromatic rings. The van der Waals surface area contributed by atoms with Crippen LogP contribution in [-0.2, 0) is 0 Å². The third-order valence-corrected chi connectivity index (χ3v) is 3.14. The molecule has 0 bridgehead atoms. The first-order valence-corrected chi connectivity index (χ1v) is 6.44. The summed E-state index contributed by atoms with van der Waals surface area (Å²) in [7, 11) is 0. The van der Waals surface area contributed by atoms with E-state index in [4.69, 9.17) is 0 Å². The monoisotopic (exact) mass is 243 g/mol. The standard InChI is InChI=1S/C15H21N3/c1-11(2)17-15-16-9-10-18(15)13(4)14-8-6-5-7-12(14)3/h5-11,13H,1-4H3,(H,16,17). The lowest BCUT2D eigenvalue weighted by molar-refractivity contribution is 0.635. The highest BCUT2D eigenvalue weighted by Gasteiger charge is 2.13. The van der Waals surface area contributed by atoms with E-state index in [-0.39, 0.29) is 6.04 Å². The molecule has 3 nitrogen and oxygen atoms in total. The van der Waals surface area contributed by atoms with Gasteiger partial charge in [-0.2, -0.15) is 0 Å². The van der Waals surface area contributed by atoms with Gasteiger partial charge in [-0.3, -0.25) is 0 Å². The Labute approximate surface area is 109 Å². The second-order valence-electron chi connectivity index (χ2n) is 4.99. The number of aryl methyl sites for hydroxylation is 1. The molecule has 0 amide bonds. The predicted molar refractivity (Wildman–Crippen MR) is 76.0 cm³/mol. The van der Waals surface area contributed by atoms with Crippen molar-refractivity contribution in [2.75, 3.05) is 5.32 Å². The molecule has 0 aliphatic carbocycles. The summed E-state index contributed by atoms with van der Waals surface area (Å²) in [5.74, 6) is 0.931. The second kappa shape index (κ2) is 5.25. The van der Waals surface area contributed by atoms with Crippen molar-refractivity contribution >= 4 is 5.95 Å². The predicted octanol–water partition coefficient (Wildman–Crippen LogP) is 3.62. The van der Waals surface area contributed by atoms with E-state index in [9.17, 15) is 0 Å². The molecule has 0 saturated heterocycles. The van der Waals surface area contributed by atoms with Crippen molar-refractivity contribution in [3.63, 3.8) is 0 Å². The molecule has 1 unspecified atom stereocenters. The summed E-state index contributed by atoms with van der Waals surface area (Å²) in [6.45, 7) is 8.60. The van der Waals surface area contributed by atoms with E-state index in [2.05, 4.69) is 66.8 Å². The number of hydrogen-bond donors (Lipinski definition) is 1. The Morgan fingerprint density at radius 3 is 2.56 bits per heavy atom. The number of rotatable bonds is 4. The number of benzene rings is 1. The van der Waals surface area contributed by atoms with E-state index in [1.165, 1.54) is 11.1 Å². The normalized spacial score (nSPS) is 12.7. The molecule has 1 heterocycles. The van der Waals surface area contributed by atoms with Gasteiger partial charge in [0.25, 0.3) is 0 Å². The van der Waals surface area contributed by atoms with E-state index >= 15 is 0 Å². The maximum absolute atomic E-state index is 4.38. The van der Waals surface area contributed by atoms with E-state index in [1.807, 2.05) is 12.4 Å². The molecule has 1 atom stereocenters. The Bertz CT molecular complexity index is 514. The van der Waals surface area contributed by atoms with Gasteiger partial charge in [0.15, 0.2) is 0 Å². The zero-order chi connectivity index (χ0) is 13.1. The maximum atomic E-state index is 4.38. The van der Waals surface area contributed by atoms with E-state index in [1.54, 1.807) is 0 Å². The maximum Gasteiger partial charge on any atom is 0.203 e. The van der Waals surface area contributed by atoms with Gasteiger partial charge in [-0.05, 0) is 38.8 Å². The number of aromatic nitrogens is 2. The van der Waals surface area contributed by atoms with Crippen molar-refractivity contribution in [3.8, 4) is 0 Å². The first-order chi connectivity index (χ1) is 8.59. The fourth-order valence-electron chi connectivity index (χ4n) is 2.20. The molecule has 18 heavy (non-hydrogen) atoms. The van der Waals surface area contributed by atoms with Crippen molar-refractivity contribution in [1.29, 1.82) is 0 Å². The van der Waals surface area contributed by atoms with Crippen molar-refractivity contribution in [2.24, 2.45) is 0 Å². The molecular formula is C15H21N3. The number of imidazole rings is 1. The molecule has 0 spiro atoms. The summed E-state index contributed by atoms with van der Waals surface area (Å²) in [5.41, 5.74) is 2.65. The zero-order valence-corrected chi connectivity index (χ0v) is 11.5. The zero-order valence-electron chi connectivity index (χ0n) is 11.5. The fourth-order valence-corrected chi connectivity index (χ4v) is 2.20. The summed E-state index contributed by atoms with van der Waals surface area (Å²) in [6.07, 6.45) is 3.88. The topological polar surface area (TPSA) is 29.9 Å². The lowest BCUT2D eigenvalue weighted by atomic mass is 10.0. The molecular weight excluding hydrogens is 222 g/mol. The summed E-state index contributed by atoms with van der Waals surface area (Å²) < 4.78 is 2.18. The van der Waals surface area contributed by atoms with Crippen LogP contribution in [0.2, 0.25) is 0 Å². The van der Waals surface area contributed by atoms with Gasteiger partial charge in [0, 0.05) is 18.4 Å². The number of anilines is 1. The number of nitrogens with one attached hydrogen (secondary N) is 1. The minimum absolute atomic E-state index is 0.287. The first-order valence-electron chi connectivity index (χ1n) is 6.44. The van der Waals surface area contributed by atoms with Crippen molar-refractivity contribution < 1.29 is 0 Å². The minimum atomic E-state index is 0.287. The summed E-state index contributed by atoms with van der Waals surface area (Å²) in [5, 5.41) is 3.38. The average molecular weight is 243 g/mol. The molecule has 96 valence electrons. The third-order valence-electron chi connectivity index (χ3n) is 3.14. The molecule has 0 aliphatic heterocycles. The fraction of sp³-hybridized carbons (Fsp3) is 0.400. The first kappa shape index (κ1) is 12.7. The van der Waals surface area contributed by atoms with Crippen LogP contribution in [0.1, 0.15) is 37.9 Å². The van der Waals surface area contributed by atoms with Crippen LogP contribution < -0.4 is 5.32 Å². The van der Waals surface area contributed by atoms with Crippen molar-refractivity contribution in [3.05, 3.63) is 47.8 Å². The van der Waals surface area contributed by atoms with Crippen molar-refractivity contribution in [1.82, 2.24) is 9.55 Å². The minimum Gasteiger partial charge on any atom is -0.353 e. The van der Waals surface area contributed by atoms with Crippen LogP contribution in [-0.4, -0.2) is 15.6 Å². The Morgan fingerprint density at radius 1 is 1.17 bits per heavy atom. The van der Waals surface area contributed by atoms with E-state index in [0.29, 0.717) is 6.04 Å². The van der Waals surface area contributed by atoms with Crippen LogP contribution in [0.25, 0.3) is 0 Å². The summed E-state index contributed by atoms with van der Waals surface area (Å²) in [6, 6.07) is 9.17. The van der Waals surface area contributed by atoms with Crippen LogP contribution >= 0.6 is 0 Å². The third kappa shape index (κ3) is 2.55. The Morgan fingerprint density at radius 2 is 1.89 bits per heavy atom. The molecule has 2 rings (SSSR count). The smallest absolute Gasteiger partial charge is 0.203 e. The van der Waals surface area contributed by atoms with Gasteiger partial charge in [-0.15, -0.1) is 0 Å². The second-order valence-corrected chi connectivity index (χ2v) is 4.99. The highest BCUT2D eigenvalue weighted by atomic mass is 15.2. The number of hydrogen-bond acceptors (Lipinski definition) is 2. The van der Waals surface area contributed by atoms with Gasteiger partial charge in [0.05, 0.1) is 6.04 Å². The van der Waals surface area contributed by atoms with Crippen LogP contribution in [0.3, 0.4) is 0 Å². The van der Waals surface area contributed by atoms with Crippen molar-refractivity contribution in [2.45, 2.75) is 39.8 Å². The largest absolute Gasteiger partial charge is 0.353 e. The quantitative estimate of drug-likeness (QED) is 0.888. The van der Waals surface area contributed by atoms with Gasteiger partial charge < -0.3 is 9.88 Å². The van der Waals surface area contributed by atoms with Gasteiger partial charge in [0.2, 0.25) is 5.95 Å². The SMILES string of the molecule is Cc1ccccc1C(C)n1ccnc1NC(C)C. The molecule has 3 heteroatoms. The average Bonchev–Trinajstić information content (AvgIpc) is 2.76. The van der Waals surface area contributed by atoms with E-state index in [0.717, 1.165) is 5.95 Å². The van der Waals surface area contributed by atoms with E-state index < -0.39 is 0 Å². The Balaban J connectivity index is 2.32. The van der Waals surface area contributed by atoms with Crippen LogP contribution in [0.15, 0.2) is 36.7 Å². The van der Waals surface area contributed by atoms with Crippen LogP contribution in [0, 0.1) is 6.92 Å². The van der Waals surface area contributed by atoms with Crippen LogP contribution in [0.4, 0.5) is 5.95 Å². The summed E-state index contributed by atoms with van der Waals surface area (Å²) in [4.78, 5) is 4.38. The van der Waals surface area contributed by atoms with Gasteiger partial charge >= 0.3 is 0 Å². The lowest BCUT2D eigenvalue weighted by Gasteiger charge is -2.20. The summed E-state index contributed by atoms with van der Waals surface area (Å²) >= 11 is 0. The van der Waals surface area contributed by atoms with Crippen LogP contribution in [0.5, 0.6) is 0 Å². The highest BCUT2D eigenvalue weighted by molar-refractivity contribution is 5.34. The molecule has 1 aromatic heterocycles. The molecule has 0 radical (unpaired) electrons. The highest BCUT2D eigenvalue weighted by Crippen LogP contribution is 2.24. The Hall–Kier alpha value is -1.77. The Kier molecular flexibility index (Phi) is 3.70. The molecule has 1 aromatic carbocycles. The number of nitrogens with zero attached hydrogens (tertiary/aromatic N) is 2. The lowest BCUT2D eigenvalue weighted by Crippen LogP contribution is -2.17.